The highest BCUT2D eigenvalue weighted by molar-refractivity contribution is 9.10. The van der Waals surface area contributed by atoms with Gasteiger partial charge >= 0.3 is 0 Å². The van der Waals surface area contributed by atoms with E-state index >= 15 is 0 Å². The second-order valence-corrected chi connectivity index (χ2v) is 4.38. The number of hydrogen-bond donors (Lipinski definition) is 0. The summed E-state index contributed by atoms with van der Waals surface area (Å²) in [6, 6.07) is 5.07. The molecule has 17 heavy (non-hydrogen) atoms. The van der Waals surface area contributed by atoms with Crippen molar-refractivity contribution in [3.8, 4) is 0 Å². The lowest BCUT2D eigenvalue weighted by molar-refractivity contribution is -0.384. The van der Waals surface area contributed by atoms with Gasteiger partial charge in [0.25, 0.3) is 5.69 Å². The maximum atomic E-state index is 11.0. The molecule has 0 spiro atoms. The Labute approximate surface area is 109 Å². The van der Waals surface area contributed by atoms with E-state index in [0.29, 0.717) is 29.9 Å². The first-order valence-electron chi connectivity index (χ1n) is 5.28. The van der Waals surface area contributed by atoms with Crippen LogP contribution in [0.1, 0.15) is 6.92 Å². The van der Waals surface area contributed by atoms with Gasteiger partial charge in [-0.1, -0.05) is 15.9 Å². The van der Waals surface area contributed by atoms with Crippen molar-refractivity contribution in [3.05, 3.63) is 32.8 Å². The number of rotatable bonds is 6. The maximum Gasteiger partial charge on any atom is 0.293 e. The van der Waals surface area contributed by atoms with Crippen LogP contribution in [0.4, 0.5) is 11.4 Å². The molecule has 0 aromatic heterocycles. The van der Waals surface area contributed by atoms with Crippen LogP contribution in [0.5, 0.6) is 0 Å². The first kappa shape index (κ1) is 13.9. The molecular weight excluding hydrogens is 288 g/mol. The van der Waals surface area contributed by atoms with E-state index in [2.05, 4.69) is 15.9 Å². The van der Waals surface area contributed by atoms with Crippen LogP contribution in [-0.4, -0.2) is 31.7 Å². The van der Waals surface area contributed by atoms with E-state index in [1.54, 1.807) is 19.2 Å². The largest absolute Gasteiger partial charge is 0.383 e. The summed E-state index contributed by atoms with van der Waals surface area (Å²) in [5, 5.41) is 11.0. The van der Waals surface area contributed by atoms with Gasteiger partial charge in [0.05, 0.1) is 11.5 Å². The average molecular weight is 303 g/mol. The van der Waals surface area contributed by atoms with Crippen LogP contribution in [-0.2, 0) is 4.74 Å². The molecule has 0 unspecified atom stereocenters. The summed E-state index contributed by atoms with van der Waals surface area (Å²) < 4.78 is 5.70. The number of hydrogen-bond acceptors (Lipinski definition) is 4. The van der Waals surface area contributed by atoms with Gasteiger partial charge in [-0.25, -0.2) is 0 Å². The third-order valence-corrected chi connectivity index (χ3v) is 2.92. The molecule has 0 fully saturated rings. The Hall–Kier alpha value is -1.14. The molecule has 0 N–H and O–H groups in total. The van der Waals surface area contributed by atoms with Crippen LogP contribution in [0.25, 0.3) is 0 Å². The summed E-state index contributed by atoms with van der Waals surface area (Å²) in [5.74, 6) is 0. The monoisotopic (exact) mass is 302 g/mol. The molecule has 1 rings (SSSR count). The van der Waals surface area contributed by atoms with Crippen LogP contribution in [0.15, 0.2) is 22.7 Å². The van der Waals surface area contributed by atoms with Gasteiger partial charge in [-0.2, -0.15) is 0 Å². The van der Waals surface area contributed by atoms with Crippen molar-refractivity contribution < 1.29 is 9.66 Å². The predicted octanol–water partition coefficient (Wildman–Crippen LogP) is 2.83. The quantitative estimate of drug-likeness (QED) is 0.599. The molecule has 94 valence electrons. The molecule has 1 aromatic rings. The number of nitrogens with zero attached hydrogens (tertiary/aromatic N) is 2. The summed E-state index contributed by atoms with van der Waals surface area (Å²) in [4.78, 5) is 12.6. The number of nitro groups is 1. The second kappa shape index (κ2) is 6.56. The molecular formula is C11H15BrN2O3. The third kappa shape index (κ3) is 3.67. The van der Waals surface area contributed by atoms with Gasteiger partial charge in [0.15, 0.2) is 0 Å². The zero-order chi connectivity index (χ0) is 12.8. The summed E-state index contributed by atoms with van der Waals surface area (Å²) in [7, 11) is 1.61. The fourth-order valence-electron chi connectivity index (χ4n) is 1.56. The van der Waals surface area contributed by atoms with E-state index in [9.17, 15) is 10.1 Å². The lowest BCUT2D eigenvalue weighted by atomic mass is 10.2. The van der Waals surface area contributed by atoms with Gasteiger partial charge in [-0.05, 0) is 19.1 Å². The smallest absolute Gasteiger partial charge is 0.293 e. The van der Waals surface area contributed by atoms with E-state index < -0.39 is 0 Å². The first-order valence-corrected chi connectivity index (χ1v) is 6.07. The lowest BCUT2D eigenvalue weighted by Crippen LogP contribution is -2.27. The van der Waals surface area contributed by atoms with Crippen molar-refractivity contribution in [2.45, 2.75) is 6.92 Å². The maximum absolute atomic E-state index is 11.0. The predicted molar refractivity (Wildman–Crippen MR) is 70.6 cm³/mol. The number of likely N-dealkylation sites (N-methyl/N-ethyl adjacent to an activating group) is 1. The lowest BCUT2D eigenvalue weighted by Gasteiger charge is -2.22. The Morgan fingerprint density at radius 1 is 1.53 bits per heavy atom. The topological polar surface area (TPSA) is 55.6 Å². The number of ether oxygens (including phenoxy) is 1. The minimum atomic E-state index is -0.366. The van der Waals surface area contributed by atoms with Gasteiger partial charge in [-0.15, -0.1) is 0 Å². The van der Waals surface area contributed by atoms with E-state index in [1.807, 2.05) is 11.8 Å². The molecule has 0 saturated carbocycles. The molecule has 0 aliphatic heterocycles. The third-order valence-electron chi connectivity index (χ3n) is 2.42. The minimum absolute atomic E-state index is 0.109. The van der Waals surface area contributed by atoms with Gasteiger partial charge in [0, 0.05) is 30.7 Å². The van der Waals surface area contributed by atoms with Gasteiger partial charge in [0.2, 0.25) is 0 Å². The molecule has 0 aliphatic carbocycles. The molecule has 6 heteroatoms. The number of methoxy groups -OCH3 is 1. The van der Waals surface area contributed by atoms with Gasteiger partial charge in [-0.3, -0.25) is 10.1 Å². The van der Waals surface area contributed by atoms with E-state index in [-0.39, 0.29) is 10.6 Å². The summed E-state index contributed by atoms with van der Waals surface area (Å²) in [5.41, 5.74) is 0.732. The highest BCUT2D eigenvalue weighted by Crippen LogP contribution is 2.30. The van der Waals surface area contributed by atoms with Crippen LogP contribution >= 0.6 is 15.9 Å². The zero-order valence-corrected chi connectivity index (χ0v) is 11.4. The van der Waals surface area contributed by atoms with Gasteiger partial charge in [0.1, 0.15) is 5.69 Å². The Bertz CT molecular complexity index is 398. The molecule has 0 amide bonds. The zero-order valence-electron chi connectivity index (χ0n) is 9.85. The number of benzene rings is 1. The highest BCUT2D eigenvalue weighted by atomic mass is 79.9. The average Bonchev–Trinajstić information content (AvgIpc) is 2.31. The SMILES string of the molecule is CCN(CCOC)c1ccc(Br)cc1[N+](=O)[O-]. The van der Waals surface area contributed by atoms with Crippen molar-refractivity contribution in [2.75, 3.05) is 31.7 Å². The molecule has 0 bridgehead atoms. The van der Waals surface area contributed by atoms with E-state index in [1.165, 1.54) is 6.07 Å². The molecule has 0 aliphatic rings. The molecule has 0 saturated heterocycles. The molecule has 1 aromatic carbocycles. The second-order valence-electron chi connectivity index (χ2n) is 3.46. The number of halogens is 1. The van der Waals surface area contributed by atoms with Crippen LogP contribution in [0.3, 0.4) is 0 Å². The van der Waals surface area contributed by atoms with Crippen molar-refractivity contribution in [2.24, 2.45) is 0 Å². The van der Waals surface area contributed by atoms with Crippen LogP contribution in [0, 0.1) is 10.1 Å². The summed E-state index contributed by atoms with van der Waals surface area (Å²) in [6.07, 6.45) is 0. The molecule has 0 atom stereocenters. The van der Waals surface area contributed by atoms with Crippen molar-refractivity contribution in [1.82, 2.24) is 0 Å². The Morgan fingerprint density at radius 2 is 2.24 bits per heavy atom. The van der Waals surface area contributed by atoms with E-state index in [4.69, 9.17) is 4.74 Å². The first-order chi connectivity index (χ1) is 8.10. The number of anilines is 1. The summed E-state index contributed by atoms with van der Waals surface area (Å²) >= 11 is 3.24. The fraction of sp³-hybridized carbons (Fsp3) is 0.455. The summed E-state index contributed by atoms with van der Waals surface area (Å²) in [6.45, 7) is 3.84. The van der Waals surface area contributed by atoms with Crippen molar-refractivity contribution >= 4 is 27.3 Å². The molecule has 0 radical (unpaired) electrons. The van der Waals surface area contributed by atoms with Crippen molar-refractivity contribution in [1.29, 1.82) is 0 Å². The Morgan fingerprint density at radius 3 is 2.76 bits per heavy atom. The van der Waals surface area contributed by atoms with E-state index in [0.717, 1.165) is 0 Å². The molecule has 5 nitrogen and oxygen atoms in total. The fourth-order valence-corrected chi connectivity index (χ4v) is 1.91. The Kier molecular flexibility index (Phi) is 5.37. The minimum Gasteiger partial charge on any atom is -0.383 e. The van der Waals surface area contributed by atoms with Crippen molar-refractivity contribution in [3.63, 3.8) is 0 Å². The standard InChI is InChI=1S/C11H15BrN2O3/c1-3-13(6-7-17-2)10-5-4-9(12)8-11(10)14(15)16/h4-5,8H,3,6-7H2,1-2H3. The van der Waals surface area contributed by atoms with Crippen LogP contribution < -0.4 is 4.90 Å². The Balaban J connectivity index is 3.05. The molecule has 0 heterocycles. The highest BCUT2D eigenvalue weighted by Gasteiger charge is 2.18. The number of nitro benzene ring substituents is 1. The van der Waals surface area contributed by atoms with Gasteiger partial charge < -0.3 is 9.64 Å². The normalized spacial score (nSPS) is 10.3. The van der Waals surface area contributed by atoms with Crippen LogP contribution in [0.2, 0.25) is 0 Å².